The highest BCUT2D eigenvalue weighted by molar-refractivity contribution is 8.01. The number of anilines is 2. The van der Waals surface area contributed by atoms with Crippen molar-refractivity contribution in [2.75, 3.05) is 10.7 Å². The third-order valence-electron chi connectivity index (χ3n) is 3.41. The number of halogens is 3. The maximum Gasteiger partial charge on any atom is 0.239 e. The van der Waals surface area contributed by atoms with E-state index in [2.05, 4.69) is 16.2 Å². The van der Waals surface area contributed by atoms with Crippen LogP contribution in [-0.4, -0.2) is 17.1 Å². The highest BCUT2D eigenvalue weighted by atomic mass is 35.5. The number of carbonyl (C=O) groups is 2. The quantitative estimate of drug-likeness (QED) is 0.637. The lowest BCUT2D eigenvalue weighted by Gasteiger charge is -2.23. The van der Waals surface area contributed by atoms with Gasteiger partial charge in [-0.25, -0.2) is 0 Å². The van der Waals surface area contributed by atoms with Crippen molar-refractivity contribution in [1.82, 2.24) is 5.43 Å². The number of hydrogen-bond acceptors (Lipinski definition) is 4. The summed E-state index contributed by atoms with van der Waals surface area (Å²) in [7, 11) is 0. The highest BCUT2D eigenvalue weighted by Gasteiger charge is 2.28. The molecule has 0 bridgehead atoms. The van der Waals surface area contributed by atoms with Crippen LogP contribution >= 0.6 is 46.6 Å². The summed E-state index contributed by atoms with van der Waals surface area (Å²) in [5, 5.41) is 3.21. The molecular weight excluding hydrogens is 405 g/mol. The fraction of sp³-hybridized carbons (Fsp3) is 0.125. The Morgan fingerprint density at radius 3 is 2.56 bits per heavy atom. The van der Waals surface area contributed by atoms with E-state index >= 15 is 0 Å². The van der Waals surface area contributed by atoms with E-state index in [1.807, 2.05) is 24.3 Å². The number of thioether (sulfide) groups is 1. The normalized spacial score (nSPS) is 16.0. The van der Waals surface area contributed by atoms with Gasteiger partial charge in [-0.15, -0.1) is 11.8 Å². The van der Waals surface area contributed by atoms with Crippen molar-refractivity contribution in [2.24, 2.45) is 0 Å². The van der Waals surface area contributed by atoms with E-state index < -0.39 is 5.25 Å². The third kappa shape index (κ3) is 4.33. The van der Waals surface area contributed by atoms with E-state index in [-0.39, 0.29) is 28.3 Å². The van der Waals surface area contributed by atoms with E-state index in [1.165, 1.54) is 23.9 Å². The molecule has 3 N–H and O–H groups in total. The Bertz CT molecular complexity index is 824. The first-order chi connectivity index (χ1) is 11.9. The largest absolute Gasteiger partial charge is 0.324 e. The zero-order chi connectivity index (χ0) is 18.0. The highest BCUT2D eigenvalue weighted by Crippen LogP contribution is 2.37. The standard InChI is InChI=1S/C16H12Cl3N3O2S/c17-8-5-9(18)15(10(19)6-8)22-21-14(23)7-13-16(24)20-11-3-1-2-4-12(11)25-13/h1-6,13,22H,7H2,(H,20,24)(H,21,23)/t13-/m0/s1. The number of amides is 2. The van der Waals surface area contributed by atoms with E-state index in [9.17, 15) is 9.59 Å². The molecule has 0 saturated carbocycles. The molecule has 0 saturated heterocycles. The van der Waals surface area contributed by atoms with Crippen molar-refractivity contribution in [1.29, 1.82) is 0 Å². The first-order valence-corrected chi connectivity index (χ1v) is 9.21. The van der Waals surface area contributed by atoms with Gasteiger partial charge in [0.15, 0.2) is 0 Å². The van der Waals surface area contributed by atoms with Gasteiger partial charge in [-0.05, 0) is 24.3 Å². The summed E-state index contributed by atoms with van der Waals surface area (Å²) in [6.45, 7) is 0. The minimum Gasteiger partial charge on any atom is -0.324 e. The molecule has 0 unspecified atom stereocenters. The second kappa shape index (κ2) is 7.74. The van der Waals surface area contributed by atoms with Crippen LogP contribution in [0.4, 0.5) is 11.4 Å². The molecule has 0 aromatic heterocycles. The fourth-order valence-electron chi connectivity index (χ4n) is 2.24. The number of hydrogen-bond donors (Lipinski definition) is 3. The van der Waals surface area contributed by atoms with E-state index in [1.54, 1.807) is 0 Å². The minimum absolute atomic E-state index is 0.000657. The van der Waals surface area contributed by atoms with Gasteiger partial charge in [-0.1, -0.05) is 46.9 Å². The van der Waals surface area contributed by atoms with Crippen molar-refractivity contribution in [3.05, 3.63) is 51.5 Å². The van der Waals surface area contributed by atoms with E-state index in [4.69, 9.17) is 34.8 Å². The van der Waals surface area contributed by atoms with Crippen LogP contribution in [0, 0.1) is 0 Å². The summed E-state index contributed by atoms with van der Waals surface area (Å²) >= 11 is 19.3. The Labute approximate surface area is 163 Å². The van der Waals surface area contributed by atoms with Gasteiger partial charge in [0, 0.05) is 16.3 Å². The molecule has 9 heteroatoms. The van der Waals surface area contributed by atoms with Gasteiger partial charge in [0.25, 0.3) is 0 Å². The molecule has 0 aliphatic carbocycles. The monoisotopic (exact) mass is 415 g/mol. The average molecular weight is 417 g/mol. The van der Waals surface area contributed by atoms with Crippen LogP contribution < -0.4 is 16.2 Å². The Balaban J connectivity index is 1.61. The molecule has 0 radical (unpaired) electrons. The van der Waals surface area contributed by atoms with Gasteiger partial charge in [0.05, 0.1) is 26.7 Å². The summed E-state index contributed by atoms with van der Waals surface area (Å²) in [5.74, 6) is -0.574. The number of rotatable bonds is 4. The van der Waals surface area contributed by atoms with Crippen LogP contribution in [0.5, 0.6) is 0 Å². The van der Waals surface area contributed by atoms with Crippen molar-refractivity contribution < 1.29 is 9.59 Å². The first kappa shape index (κ1) is 18.2. The number of benzene rings is 2. The number of carbonyl (C=O) groups excluding carboxylic acids is 2. The molecule has 0 spiro atoms. The molecule has 5 nitrogen and oxygen atoms in total. The second-order valence-corrected chi connectivity index (χ2v) is 7.71. The van der Waals surface area contributed by atoms with Crippen molar-refractivity contribution in [3.8, 4) is 0 Å². The molecule has 1 aliphatic heterocycles. The smallest absolute Gasteiger partial charge is 0.239 e. The summed E-state index contributed by atoms with van der Waals surface area (Å²) in [4.78, 5) is 25.2. The molecular formula is C16H12Cl3N3O2S. The number of hydrazine groups is 1. The molecule has 1 aliphatic rings. The van der Waals surface area contributed by atoms with Crippen LogP contribution in [0.3, 0.4) is 0 Å². The molecule has 2 aromatic rings. The lowest BCUT2D eigenvalue weighted by atomic mass is 10.2. The van der Waals surface area contributed by atoms with Gasteiger partial charge < -0.3 is 5.32 Å². The minimum atomic E-state index is -0.520. The van der Waals surface area contributed by atoms with Crippen LogP contribution in [0.15, 0.2) is 41.3 Å². The van der Waals surface area contributed by atoms with Gasteiger partial charge in [0.2, 0.25) is 11.8 Å². The van der Waals surface area contributed by atoms with Crippen LogP contribution in [0.1, 0.15) is 6.42 Å². The number of fused-ring (bicyclic) bond motifs is 1. The predicted molar refractivity (Wildman–Crippen MR) is 103 cm³/mol. The summed E-state index contributed by atoms with van der Waals surface area (Å²) in [5.41, 5.74) is 6.26. The van der Waals surface area contributed by atoms with Gasteiger partial charge in [0.1, 0.15) is 0 Å². The molecule has 130 valence electrons. The van der Waals surface area contributed by atoms with Crippen molar-refractivity contribution in [3.63, 3.8) is 0 Å². The molecule has 0 fully saturated rings. The van der Waals surface area contributed by atoms with Gasteiger partial charge in [-0.3, -0.25) is 20.4 Å². The first-order valence-electron chi connectivity index (χ1n) is 7.20. The Kier molecular flexibility index (Phi) is 5.64. The molecule has 2 aromatic carbocycles. The Hall–Kier alpha value is -1.60. The average Bonchev–Trinajstić information content (AvgIpc) is 2.54. The summed E-state index contributed by atoms with van der Waals surface area (Å²) in [6.07, 6.45) is 0.000657. The second-order valence-electron chi connectivity index (χ2n) is 5.21. The van der Waals surface area contributed by atoms with Gasteiger partial charge >= 0.3 is 0 Å². The zero-order valence-corrected chi connectivity index (χ0v) is 15.7. The summed E-state index contributed by atoms with van der Waals surface area (Å²) < 4.78 is 0. The SMILES string of the molecule is O=C(C[C@@H]1Sc2ccccc2NC1=O)NNc1c(Cl)cc(Cl)cc1Cl. The van der Waals surface area contributed by atoms with Gasteiger partial charge in [-0.2, -0.15) is 0 Å². The molecule has 3 rings (SSSR count). The zero-order valence-electron chi connectivity index (χ0n) is 12.6. The molecule has 1 heterocycles. The Morgan fingerprint density at radius 2 is 1.84 bits per heavy atom. The summed E-state index contributed by atoms with van der Waals surface area (Å²) in [6, 6.07) is 10.5. The number of para-hydroxylation sites is 1. The van der Waals surface area contributed by atoms with E-state index in [0.717, 1.165) is 10.6 Å². The van der Waals surface area contributed by atoms with E-state index in [0.29, 0.717) is 10.7 Å². The lowest BCUT2D eigenvalue weighted by Crippen LogP contribution is -2.37. The molecule has 1 atom stereocenters. The maximum atomic E-state index is 12.2. The van der Waals surface area contributed by atoms with Crippen molar-refractivity contribution >= 4 is 69.8 Å². The van der Waals surface area contributed by atoms with Crippen LogP contribution in [0.25, 0.3) is 0 Å². The maximum absolute atomic E-state index is 12.2. The Morgan fingerprint density at radius 1 is 1.16 bits per heavy atom. The predicted octanol–water partition coefficient (Wildman–Crippen LogP) is 4.59. The third-order valence-corrected chi connectivity index (χ3v) is 5.50. The topological polar surface area (TPSA) is 70.2 Å². The molecule has 25 heavy (non-hydrogen) atoms. The van der Waals surface area contributed by atoms with Crippen molar-refractivity contribution in [2.45, 2.75) is 16.6 Å². The van der Waals surface area contributed by atoms with Crippen LogP contribution in [0.2, 0.25) is 15.1 Å². The fourth-order valence-corrected chi connectivity index (χ4v) is 4.26. The molecule has 2 amide bonds. The van der Waals surface area contributed by atoms with Crippen LogP contribution in [-0.2, 0) is 9.59 Å². The number of nitrogens with one attached hydrogen (secondary N) is 3. The lowest BCUT2D eigenvalue weighted by molar-refractivity contribution is -0.123.